The van der Waals surface area contributed by atoms with Crippen LogP contribution in [0, 0.1) is 12.3 Å². The summed E-state index contributed by atoms with van der Waals surface area (Å²) in [6.45, 7) is 6.46. The first-order valence-corrected chi connectivity index (χ1v) is 7.97. The van der Waals surface area contributed by atoms with Crippen LogP contribution in [-0.2, 0) is 6.54 Å². The van der Waals surface area contributed by atoms with Gasteiger partial charge in [0.2, 0.25) is 0 Å². The van der Waals surface area contributed by atoms with Gasteiger partial charge >= 0.3 is 0 Å². The number of nitrogens with zero attached hydrogens (tertiary/aromatic N) is 2. The summed E-state index contributed by atoms with van der Waals surface area (Å²) in [5.41, 5.74) is 2.92. The Morgan fingerprint density at radius 3 is 2.62 bits per heavy atom. The molecule has 3 rings (SSSR count). The first-order valence-electron chi connectivity index (χ1n) is 7.97. The van der Waals surface area contributed by atoms with E-state index in [4.69, 9.17) is 0 Å². The molecule has 1 aromatic carbocycles. The highest BCUT2D eigenvalue weighted by atomic mass is 15.1. The molecule has 21 heavy (non-hydrogen) atoms. The van der Waals surface area contributed by atoms with E-state index in [2.05, 4.69) is 59.0 Å². The third-order valence-corrected chi connectivity index (χ3v) is 4.69. The molecule has 0 spiro atoms. The highest BCUT2D eigenvalue weighted by molar-refractivity contribution is 5.35. The summed E-state index contributed by atoms with van der Waals surface area (Å²) in [6.07, 6.45) is 7.48. The van der Waals surface area contributed by atoms with Crippen molar-refractivity contribution in [2.24, 2.45) is 5.41 Å². The Morgan fingerprint density at radius 2 is 1.90 bits per heavy atom. The molecule has 0 atom stereocenters. The Morgan fingerprint density at radius 1 is 1.19 bits per heavy atom. The van der Waals surface area contributed by atoms with Crippen molar-refractivity contribution >= 4 is 0 Å². The van der Waals surface area contributed by atoms with E-state index in [0.717, 1.165) is 18.9 Å². The molecule has 0 aliphatic heterocycles. The number of hydrogen-bond donors (Lipinski definition) is 1. The maximum atomic E-state index is 4.48. The first-order chi connectivity index (χ1) is 10.2. The van der Waals surface area contributed by atoms with E-state index < -0.39 is 0 Å². The van der Waals surface area contributed by atoms with Crippen molar-refractivity contribution in [2.75, 3.05) is 6.54 Å². The molecule has 3 nitrogen and oxygen atoms in total. The third-order valence-electron chi connectivity index (χ3n) is 4.69. The minimum absolute atomic E-state index is 0.493. The van der Waals surface area contributed by atoms with Gasteiger partial charge in [-0.1, -0.05) is 38.0 Å². The lowest BCUT2D eigenvalue weighted by Gasteiger charge is -2.24. The number of hydrogen-bond acceptors (Lipinski definition) is 2. The second kappa shape index (κ2) is 6.02. The van der Waals surface area contributed by atoms with Gasteiger partial charge in [-0.15, -0.1) is 0 Å². The Hall–Kier alpha value is -1.61. The highest BCUT2D eigenvalue weighted by Crippen LogP contribution is 2.36. The molecule has 0 saturated heterocycles. The van der Waals surface area contributed by atoms with Crippen molar-refractivity contribution in [3.63, 3.8) is 0 Å². The van der Waals surface area contributed by atoms with E-state index in [-0.39, 0.29) is 0 Å². The summed E-state index contributed by atoms with van der Waals surface area (Å²) in [4.78, 5) is 4.48. The van der Waals surface area contributed by atoms with Crippen molar-refractivity contribution < 1.29 is 0 Å². The maximum absolute atomic E-state index is 4.48. The van der Waals surface area contributed by atoms with Crippen LogP contribution in [0.25, 0.3) is 5.69 Å². The summed E-state index contributed by atoms with van der Waals surface area (Å²) < 4.78 is 2.24. The minimum Gasteiger partial charge on any atom is -0.311 e. The summed E-state index contributed by atoms with van der Waals surface area (Å²) in [6, 6.07) is 10.5. The highest BCUT2D eigenvalue weighted by Gasteiger charge is 2.27. The lowest BCUT2D eigenvalue weighted by molar-refractivity contribution is 0.313. The standard InChI is InChI=1S/C18H25N3/c1-15-20-13-17(21(15)16-8-4-3-5-9-16)12-19-14-18(2)10-6-7-11-18/h3-5,8-9,13,19H,6-7,10-12,14H2,1-2H3. The van der Waals surface area contributed by atoms with E-state index >= 15 is 0 Å². The molecular formula is C18H25N3. The van der Waals surface area contributed by atoms with Gasteiger partial charge in [-0.2, -0.15) is 0 Å². The molecule has 112 valence electrons. The molecule has 1 aromatic heterocycles. The third kappa shape index (κ3) is 3.18. The number of benzene rings is 1. The van der Waals surface area contributed by atoms with Gasteiger partial charge in [-0.25, -0.2) is 4.98 Å². The van der Waals surface area contributed by atoms with Crippen LogP contribution in [-0.4, -0.2) is 16.1 Å². The van der Waals surface area contributed by atoms with E-state index in [9.17, 15) is 0 Å². The number of para-hydroxylation sites is 1. The number of nitrogens with one attached hydrogen (secondary N) is 1. The average Bonchev–Trinajstić information content (AvgIpc) is 3.07. The van der Waals surface area contributed by atoms with Crippen LogP contribution >= 0.6 is 0 Å². The zero-order valence-electron chi connectivity index (χ0n) is 13.1. The first kappa shape index (κ1) is 14.3. The van der Waals surface area contributed by atoms with Crippen LogP contribution in [0.3, 0.4) is 0 Å². The smallest absolute Gasteiger partial charge is 0.110 e. The molecule has 1 aliphatic rings. The number of aryl methyl sites for hydroxylation is 1. The number of imidazole rings is 1. The summed E-state index contributed by atoms with van der Waals surface area (Å²) in [7, 11) is 0. The van der Waals surface area contributed by atoms with Crippen molar-refractivity contribution in [1.29, 1.82) is 0 Å². The molecule has 1 N–H and O–H groups in total. The van der Waals surface area contributed by atoms with Gasteiger partial charge in [-0.3, -0.25) is 4.57 Å². The predicted molar refractivity (Wildman–Crippen MR) is 86.6 cm³/mol. The monoisotopic (exact) mass is 283 g/mol. The van der Waals surface area contributed by atoms with Crippen LogP contribution < -0.4 is 5.32 Å². The molecule has 2 aromatic rings. The van der Waals surface area contributed by atoms with Crippen LogP contribution in [0.15, 0.2) is 36.5 Å². The SMILES string of the molecule is Cc1ncc(CNCC2(C)CCCC2)n1-c1ccccc1. The fraction of sp³-hybridized carbons (Fsp3) is 0.500. The molecule has 0 radical (unpaired) electrons. The van der Waals surface area contributed by atoms with E-state index in [1.165, 1.54) is 37.1 Å². The lowest BCUT2D eigenvalue weighted by atomic mass is 9.89. The van der Waals surface area contributed by atoms with E-state index in [1.807, 2.05) is 6.20 Å². The van der Waals surface area contributed by atoms with Gasteiger partial charge in [0.25, 0.3) is 0 Å². The Labute approximate surface area is 127 Å². The van der Waals surface area contributed by atoms with Crippen molar-refractivity contribution in [3.8, 4) is 5.69 Å². The zero-order chi connectivity index (χ0) is 14.7. The molecule has 1 aliphatic carbocycles. The fourth-order valence-electron chi connectivity index (χ4n) is 3.44. The molecule has 1 fully saturated rings. The number of aromatic nitrogens is 2. The summed E-state index contributed by atoms with van der Waals surface area (Å²) >= 11 is 0. The van der Waals surface area contributed by atoms with Crippen LogP contribution in [0.2, 0.25) is 0 Å². The lowest BCUT2D eigenvalue weighted by Crippen LogP contribution is -2.29. The Kier molecular flexibility index (Phi) is 4.11. The van der Waals surface area contributed by atoms with Crippen LogP contribution in [0.1, 0.15) is 44.1 Å². The van der Waals surface area contributed by atoms with Gasteiger partial charge < -0.3 is 5.32 Å². The molecule has 0 bridgehead atoms. The van der Waals surface area contributed by atoms with Gasteiger partial charge in [0.1, 0.15) is 5.82 Å². The molecular weight excluding hydrogens is 258 g/mol. The van der Waals surface area contributed by atoms with Crippen LogP contribution in [0.5, 0.6) is 0 Å². The van der Waals surface area contributed by atoms with Gasteiger partial charge in [0.15, 0.2) is 0 Å². The Balaban J connectivity index is 1.69. The molecule has 1 heterocycles. The van der Waals surface area contributed by atoms with Crippen molar-refractivity contribution in [2.45, 2.75) is 46.1 Å². The topological polar surface area (TPSA) is 29.9 Å². The van der Waals surface area contributed by atoms with Crippen LogP contribution in [0.4, 0.5) is 0 Å². The van der Waals surface area contributed by atoms with Gasteiger partial charge in [0, 0.05) is 18.8 Å². The summed E-state index contributed by atoms with van der Waals surface area (Å²) in [5, 5.41) is 3.65. The normalized spacial score (nSPS) is 17.2. The predicted octanol–water partition coefficient (Wildman–Crippen LogP) is 3.85. The number of rotatable bonds is 5. The zero-order valence-corrected chi connectivity index (χ0v) is 13.1. The second-order valence-corrected chi connectivity index (χ2v) is 6.59. The molecule has 1 saturated carbocycles. The van der Waals surface area contributed by atoms with E-state index in [0.29, 0.717) is 5.41 Å². The van der Waals surface area contributed by atoms with Gasteiger partial charge in [0.05, 0.1) is 11.9 Å². The quantitative estimate of drug-likeness (QED) is 0.903. The van der Waals surface area contributed by atoms with Gasteiger partial charge in [-0.05, 0) is 37.3 Å². The van der Waals surface area contributed by atoms with Crippen molar-refractivity contribution in [1.82, 2.24) is 14.9 Å². The molecule has 0 amide bonds. The Bertz CT molecular complexity index is 580. The second-order valence-electron chi connectivity index (χ2n) is 6.59. The van der Waals surface area contributed by atoms with Crippen molar-refractivity contribution in [3.05, 3.63) is 48.0 Å². The largest absolute Gasteiger partial charge is 0.311 e. The molecule has 0 unspecified atom stereocenters. The minimum atomic E-state index is 0.493. The molecule has 3 heteroatoms. The van der Waals surface area contributed by atoms with E-state index in [1.54, 1.807) is 0 Å². The maximum Gasteiger partial charge on any atom is 0.110 e. The average molecular weight is 283 g/mol. The fourth-order valence-corrected chi connectivity index (χ4v) is 3.44. The summed E-state index contributed by atoms with van der Waals surface area (Å²) in [5.74, 6) is 1.05.